The maximum absolute atomic E-state index is 12.1. The lowest BCUT2D eigenvalue weighted by Crippen LogP contribution is -2.13. The molecular weight excluding hydrogens is 334 g/mol. The van der Waals surface area contributed by atoms with E-state index < -0.39 is 0 Å². The maximum atomic E-state index is 12.1. The number of aryl methyl sites for hydroxylation is 2. The molecule has 0 unspecified atom stereocenters. The first-order chi connectivity index (χ1) is 12.1. The van der Waals surface area contributed by atoms with Gasteiger partial charge in [-0.15, -0.1) is 5.10 Å². The van der Waals surface area contributed by atoms with E-state index in [0.717, 1.165) is 16.9 Å². The number of tetrazole rings is 1. The summed E-state index contributed by atoms with van der Waals surface area (Å²) in [5, 5.41) is 15.4. The van der Waals surface area contributed by atoms with Crippen molar-refractivity contribution in [1.29, 1.82) is 0 Å². The zero-order valence-electron chi connectivity index (χ0n) is 14.1. The molecule has 0 spiro atoms. The summed E-state index contributed by atoms with van der Waals surface area (Å²) in [6, 6.07) is 15.7. The molecule has 0 fully saturated rings. The summed E-state index contributed by atoms with van der Waals surface area (Å²) >= 11 is 1.46. The van der Waals surface area contributed by atoms with Crippen molar-refractivity contribution in [3.8, 4) is 5.69 Å². The molecule has 0 saturated heterocycles. The van der Waals surface area contributed by atoms with Crippen molar-refractivity contribution in [2.45, 2.75) is 25.4 Å². The van der Waals surface area contributed by atoms with Crippen LogP contribution < -0.4 is 5.32 Å². The molecule has 0 bridgehead atoms. The van der Waals surface area contributed by atoms with Crippen molar-refractivity contribution in [1.82, 2.24) is 20.2 Å². The number of hydrogen-bond donors (Lipinski definition) is 1. The van der Waals surface area contributed by atoms with E-state index in [9.17, 15) is 4.79 Å². The van der Waals surface area contributed by atoms with Crippen molar-refractivity contribution >= 4 is 23.4 Å². The number of nitrogens with zero attached hydrogens (tertiary/aromatic N) is 4. The third kappa shape index (κ3) is 4.45. The molecule has 0 radical (unpaired) electrons. The number of amides is 1. The van der Waals surface area contributed by atoms with Crippen LogP contribution in [0.2, 0.25) is 0 Å². The highest BCUT2D eigenvalue weighted by Crippen LogP contribution is 2.20. The van der Waals surface area contributed by atoms with Crippen LogP contribution in [-0.2, 0) is 4.79 Å². The molecule has 0 aliphatic carbocycles. The largest absolute Gasteiger partial charge is 0.326 e. The monoisotopic (exact) mass is 353 g/mol. The van der Waals surface area contributed by atoms with Gasteiger partial charge in [0.2, 0.25) is 11.1 Å². The summed E-state index contributed by atoms with van der Waals surface area (Å²) in [4.78, 5) is 12.1. The van der Waals surface area contributed by atoms with Gasteiger partial charge in [-0.25, -0.2) is 0 Å². The fourth-order valence-electron chi connectivity index (χ4n) is 2.28. The van der Waals surface area contributed by atoms with Gasteiger partial charge in [0.1, 0.15) is 0 Å². The van der Waals surface area contributed by atoms with Crippen LogP contribution in [0.4, 0.5) is 5.69 Å². The van der Waals surface area contributed by atoms with Crippen LogP contribution in [0.5, 0.6) is 0 Å². The van der Waals surface area contributed by atoms with Crippen LogP contribution >= 0.6 is 11.8 Å². The van der Waals surface area contributed by atoms with E-state index in [4.69, 9.17) is 0 Å². The molecule has 1 heterocycles. The predicted molar refractivity (Wildman–Crippen MR) is 99.0 cm³/mol. The second kappa shape index (κ2) is 7.94. The summed E-state index contributed by atoms with van der Waals surface area (Å²) in [5.74, 6) is 0.584. The Labute approximate surface area is 150 Å². The molecule has 0 atom stereocenters. The summed E-state index contributed by atoms with van der Waals surface area (Å²) in [6.45, 7) is 4.01. The van der Waals surface area contributed by atoms with E-state index in [-0.39, 0.29) is 5.91 Å². The van der Waals surface area contributed by atoms with Gasteiger partial charge in [-0.3, -0.25) is 4.79 Å². The number of rotatable bonds is 6. The van der Waals surface area contributed by atoms with E-state index in [1.807, 2.05) is 62.4 Å². The minimum absolute atomic E-state index is 0.0174. The Morgan fingerprint density at radius 1 is 1.12 bits per heavy atom. The minimum atomic E-state index is -0.0174. The summed E-state index contributed by atoms with van der Waals surface area (Å²) < 4.78 is 1.68. The Bertz CT molecular complexity index is 860. The molecule has 1 N–H and O–H groups in total. The molecule has 3 rings (SSSR count). The first kappa shape index (κ1) is 17.2. The number of carbonyl (C=O) groups excluding carboxylic acids is 1. The second-order valence-electron chi connectivity index (χ2n) is 5.67. The van der Waals surface area contributed by atoms with Crippen molar-refractivity contribution < 1.29 is 4.79 Å². The lowest BCUT2D eigenvalue weighted by molar-refractivity contribution is -0.115. The number of nitrogens with one attached hydrogen (secondary N) is 1. The van der Waals surface area contributed by atoms with Gasteiger partial charge in [0.15, 0.2) is 0 Å². The quantitative estimate of drug-likeness (QED) is 0.688. The van der Waals surface area contributed by atoms with Gasteiger partial charge in [-0.1, -0.05) is 47.7 Å². The number of para-hydroxylation sites is 1. The topological polar surface area (TPSA) is 72.7 Å². The van der Waals surface area contributed by atoms with Gasteiger partial charge < -0.3 is 5.32 Å². The molecule has 6 nitrogen and oxygen atoms in total. The fraction of sp³-hybridized carbons (Fsp3) is 0.222. The maximum Gasteiger partial charge on any atom is 0.225 e. The first-order valence-corrected chi connectivity index (χ1v) is 8.96. The van der Waals surface area contributed by atoms with Gasteiger partial charge in [-0.2, -0.15) is 4.68 Å². The van der Waals surface area contributed by atoms with E-state index in [1.165, 1.54) is 17.3 Å². The molecule has 3 aromatic rings. The Morgan fingerprint density at radius 2 is 1.88 bits per heavy atom. The van der Waals surface area contributed by atoms with Gasteiger partial charge in [-0.05, 0) is 48.0 Å². The van der Waals surface area contributed by atoms with Crippen LogP contribution in [0.1, 0.15) is 17.5 Å². The summed E-state index contributed by atoms with van der Waals surface area (Å²) in [7, 11) is 0. The van der Waals surface area contributed by atoms with E-state index in [0.29, 0.717) is 17.3 Å². The lowest BCUT2D eigenvalue weighted by Gasteiger charge is -2.08. The fourth-order valence-corrected chi connectivity index (χ4v) is 3.11. The van der Waals surface area contributed by atoms with Gasteiger partial charge in [0, 0.05) is 17.9 Å². The summed E-state index contributed by atoms with van der Waals surface area (Å²) in [6.07, 6.45) is 0.389. The van der Waals surface area contributed by atoms with Crippen LogP contribution in [-0.4, -0.2) is 31.9 Å². The highest BCUT2D eigenvalue weighted by atomic mass is 32.2. The third-order valence-electron chi connectivity index (χ3n) is 3.70. The smallest absolute Gasteiger partial charge is 0.225 e. The highest BCUT2D eigenvalue weighted by Gasteiger charge is 2.10. The van der Waals surface area contributed by atoms with Crippen molar-refractivity contribution in [3.63, 3.8) is 0 Å². The molecule has 128 valence electrons. The first-order valence-electron chi connectivity index (χ1n) is 7.97. The Balaban J connectivity index is 1.56. The van der Waals surface area contributed by atoms with E-state index in [1.54, 1.807) is 4.68 Å². The zero-order chi connectivity index (χ0) is 17.6. The molecule has 1 amide bonds. The van der Waals surface area contributed by atoms with Crippen LogP contribution in [0, 0.1) is 13.8 Å². The number of benzene rings is 2. The normalized spacial score (nSPS) is 10.6. The Kier molecular flexibility index (Phi) is 5.45. The van der Waals surface area contributed by atoms with Gasteiger partial charge in [0.25, 0.3) is 0 Å². The van der Waals surface area contributed by atoms with Crippen molar-refractivity contribution in [2.24, 2.45) is 0 Å². The Morgan fingerprint density at radius 3 is 2.64 bits per heavy atom. The number of carbonyl (C=O) groups is 1. The number of thioether (sulfide) groups is 1. The Hall–Kier alpha value is -2.67. The van der Waals surface area contributed by atoms with Gasteiger partial charge >= 0.3 is 0 Å². The lowest BCUT2D eigenvalue weighted by atomic mass is 10.2. The molecule has 25 heavy (non-hydrogen) atoms. The average Bonchev–Trinajstić information content (AvgIpc) is 3.06. The SMILES string of the molecule is Cc1ccc(-n2nnnc2SCCC(=O)Nc2ccccc2C)cc1. The molecular formula is C18H19N5OS. The summed E-state index contributed by atoms with van der Waals surface area (Å²) in [5.41, 5.74) is 3.98. The minimum Gasteiger partial charge on any atom is -0.326 e. The molecule has 2 aromatic carbocycles. The predicted octanol–water partition coefficient (Wildman–Crippen LogP) is 3.40. The molecule has 0 saturated carbocycles. The number of anilines is 1. The standard InChI is InChI=1S/C18H19N5OS/c1-13-7-9-15(10-8-13)23-18(20-21-22-23)25-12-11-17(24)19-16-6-4-3-5-14(16)2/h3-10H,11-12H2,1-2H3,(H,19,24). The zero-order valence-corrected chi connectivity index (χ0v) is 15.0. The van der Waals surface area contributed by atoms with Gasteiger partial charge in [0.05, 0.1) is 5.69 Å². The van der Waals surface area contributed by atoms with Crippen LogP contribution in [0.25, 0.3) is 5.69 Å². The van der Waals surface area contributed by atoms with Crippen LogP contribution in [0.15, 0.2) is 53.7 Å². The van der Waals surface area contributed by atoms with Crippen LogP contribution in [0.3, 0.4) is 0 Å². The third-order valence-corrected chi connectivity index (χ3v) is 4.62. The molecule has 7 heteroatoms. The number of aromatic nitrogens is 4. The molecule has 0 aliphatic rings. The number of hydrogen-bond acceptors (Lipinski definition) is 5. The average molecular weight is 353 g/mol. The highest BCUT2D eigenvalue weighted by molar-refractivity contribution is 7.99. The van der Waals surface area contributed by atoms with E-state index in [2.05, 4.69) is 20.8 Å². The van der Waals surface area contributed by atoms with E-state index >= 15 is 0 Å². The molecule has 1 aromatic heterocycles. The van der Waals surface area contributed by atoms with Crippen molar-refractivity contribution in [3.05, 3.63) is 59.7 Å². The van der Waals surface area contributed by atoms with Crippen molar-refractivity contribution in [2.75, 3.05) is 11.1 Å². The molecule has 0 aliphatic heterocycles. The second-order valence-corrected chi connectivity index (χ2v) is 6.73.